The Morgan fingerprint density at radius 1 is 1.14 bits per heavy atom. The zero-order valence-electron chi connectivity index (χ0n) is 11.6. The second kappa shape index (κ2) is 6.03. The summed E-state index contributed by atoms with van der Waals surface area (Å²) in [5.41, 5.74) is 1.72. The first kappa shape index (κ1) is 15.8. The summed E-state index contributed by atoms with van der Waals surface area (Å²) >= 11 is 0. The highest BCUT2D eigenvalue weighted by Crippen LogP contribution is 2.28. The Kier molecular flexibility index (Phi) is 4.54. The molecule has 0 unspecified atom stereocenters. The van der Waals surface area contributed by atoms with Gasteiger partial charge in [-0.15, -0.1) is 0 Å². The first-order valence-electron chi connectivity index (χ1n) is 6.20. The molecule has 0 radical (unpaired) electrons. The van der Waals surface area contributed by atoms with Crippen molar-refractivity contribution >= 4 is 19.7 Å². The molecule has 2 rings (SSSR count). The van der Waals surface area contributed by atoms with Gasteiger partial charge in [0.1, 0.15) is 18.2 Å². The van der Waals surface area contributed by atoms with Crippen molar-refractivity contribution in [2.45, 2.75) is 25.3 Å². The number of benzene rings is 2. The first-order chi connectivity index (χ1) is 9.77. The molecule has 0 aliphatic carbocycles. The number of aryl methyl sites for hydroxylation is 2. The van der Waals surface area contributed by atoms with Crippen molar-refractivity contribution in [3.63, 3.8) is 0 Å². The first-order valence-corrected chi connectivity index (χ1v) is 8.51. The Morgan fingerprint density at radius 2 is 1.76 bits per heavy atom. The van der Waals surface area contributed by atoms with Crippen LogP contribution in [0.1, 0.15) is 16.7 Å². The lowest BCUT2D eigenvalue weighted by Crippen LogP contribution is -2.01. The third-order valence-corrected chi connectivity index (χ3v) is 4.57. The van der Waals surface area contributed by atoms with Gasteiger partial charge in [-0.3, -0.25) is 0 Å². The second-order valence-corrected chi connectivity index (χ2v) is 7.25. The smallest absolute Gasteiger partial charge is 0.261 e. The van der Waals surface area contributed by atoms with Crippen LogP contribution in [0.5, 0.6) is 5.75 Å². The lowest BCUT2D eigenvalue weighted by atomic mass is 10.1. The maximum absolute atomic E-state index is 13.1. The number of hydrogen-bond acceptors (Lipinski definition) is 3. The fraction of sp³-hybridized carbons (Fsp3) is 0.200. The molecule has 21 heavy (non-hydrogen) atoms. The average Bonchev–Trinajstić information content (AvgIpc) is 2.34. The van der Waals surface area contributed by atoms with Crippen molar-refractivity contribution < 1.29 is 17.5 Å². The third-order valence-electron chi connectivity index (χ3n) is 2.97. The predicted octanol–water partition coefficient (Wildman–Crippen LogP) is 3.95. The highest BCUT2D eigenvalue weighted by molar-refractivity contribution is 8.13. The highest BCUT2D eigenvalue weighted by Gasteiger charge is 2.17. The molecule has 0 bridgehead atoms. The van der Waals surface area contributed by atoms with Gasteiger partial charge >= 0.3 is 0 Å². The van der Waals surface area contributed by atoms with Crippen LogP contribution in [0.15, 0.2) is 41.3 Å². The van der Waals surface area contributed by atoms with Crippen LogP contribution in [-0.2, 0) is 15.7 Å². The number of rotatable bonds is 4. The van der Waals surface area contributed by atoms with E-state index in [0.29, 0.717) is 22.4 Å². The maximum Gasteiger partial charge on any atom is 0.261 e. The van der Waals surface area contributed by atoms with Crippen LogP contribution in [0, 0.1) is 19.7 Å². The summed E-state index contributed by atoms with van der Waals surface area (Å²) in [5, 5.41) is 0. The van der Waals surface area contributed by atoms with Crippen molar-refractivity contribution in [3.8, 4) is 5.75 Å². The molecule has 0 fully saturated rings. The van der Waals surface area contributed by atoms with Crippen LogP contribution < -0.4 is 4.74 Å². The minimum absolute atomic E-state index is 0.0993. The summed E-state index contributed by atoms with van der Waals surface area (Å²) in [4.78, 5) is 0.0993. The van der Waals surface area contributed by atoms with E-state index in [-0.39, 0.29) is 17.3 Å². The monoisotopic (exact) mass is 328 g/mol. The van der Waals surface area contributed by atoms with E-state index in [1.807, 2.05) is 0 Å². The minimum Gasteiger partial charge on any atom is -0.489 e. The van der Waals surface area contributed by atoms with Gasteiger partial charge in [0.25, 0.3) is 9.05 Å². The van der Waals surface area contributed by atoms with E-state index in [2.05, 4.69) is 0 Å². The zero-order chi connectivity index (χ0) is 15.6. The maximum atomic E-state index is 13.1. The molecule has 2 aromatic carbocycles. The molecular formula is C15H14ClFO3S. The van der Waals surface area contributed by atoms with Gasteiger partial charge < -0.3 is 4.74 Å². The Morgan fingerprint density at radius 3 is 2.29 bits per heavy atom. The lowest BCUT2D eigenvalue weighted by molar-refractivity contribution is 0.305. The average molecular weight is 329 g/mol. The Hall–Kier alpha value is -1.59. The molecule has 112 valence electrons. The molecule has 0 saturated heterocycles. The summed E-state index contributed by atoms with van der Waals surface area (Å²) < 4.78 is 41.6. The van der Waals surface area contributed by atoms with E-state index in [1.165, 1.54) is 12.1 Å². The summed E-state index contributed by atoms with van der Waals surface area (Å²) in [6, 6.07) is 9.30. The SMILES string of the molecule is Cc1cc(OCc2cccc(F)c2)cc(C)c1S(=O)(=O)Cl. The van der Waals surface area contributed by atoms with Gasteiger partial charge in [-0.2, -0.15) is 0 Å². The molecule has 0 aromatic heterocycles. The summed E-state index contributed by atoms with van der Waals surface area (Å²) in [6.07, 6.45) is 0. The van der Waals surface area contributed by atoms with Gasteiger partial charge in [0.2, 0.25) is 0 Å². The van der Waals surface area contributed by atoms with Crippen LogP contribution in [0.4, 0.5) is 4.39 Å². The summed E-state index contributed by atoms with van der Waals surface area (Å²) in [7, 11) is 1.61. The van der Waals surface area contributed by atoms with Gasteiger partial charge in [-0.05, 0) is 54.8 Å². The molecule has 0 saturated carbocycles. The summed E-state index contributed by atoms with van der Waals surface area (Å²) in [6.45, 7) is 3.50. The van der Waals surface area contributed by atoms with Gasteiger partial charge in [-0.25, -0.2) is 12.8 Å². The van der Waals surface area contributed by atoms with Crippen molar-refractivity contribution in [2.24, 2.45) is 0 Å². The predicted molar refractivity (Wildman–Crippen MR) is 79.7 cm³/mol. The lowest BCUT2D eigenvalue weighted by Gasteiger charge is -2.11. The third kappa shape index (κ3) is 3.95. The Labute approximate surface area is 127 Å². The van der Waals surface area contributed by atoms with Gasteiger partial charge in [0.05, 0.1) is 4.90 Å². The second-order valence-electron chi connectivity index (χ2n) is 4.74. The molecule has 0 amide bonds. The fourth-order valence-corrected chi connectivity index (χ4v) is 3.79. The molecule has 6 heteroatoms. The molecular weight excluding hydrogens is 315 g/mol. The van der Waals surface area contributed by atoms with Crippen molar-refractivity contribution in [1.29, 1.82) is 0 Å². The quantitative estimate of drug-likeness (QED) is 0.798. The highest BCUT2D eigenvalue weighted by atomic mass is 35.7. The molecule has 3 nitrogen and oxygen atoms in total. The zero-order valence-corrected chi connectivity index (χ0v) is 13.1. The van der Waals surface area contributed by atoms with E-state index in [4.69, 9.17) is 15.4 Å². The van der Waals surface area contributed by atoms with Crippen LogP contribution in [-0.4, -0.2) is 8.42 Å². The molecule has 0 heterocycles. The molecule has 0 atom stereocenters. The normalized spacial score (nSPS) is 11.4. The topological polar surface area (TPSA) is 43.4 Å². The van der Waals surface area contributed by atoms with E-state index in [9.17, 15) is 12.8 Å². The molecule has 0 spiro atoms. The van der Waals surface area contributed by atoms with Gasteiger partial charge in [0, 0.05) is 10.7 Å². The number of halogens is 2. The standard InChI is InChI=1S/C15H14ClFO3S/c1-10-6-14(7-11(2)15(10)21(16,18)19)20-9-12-4-3-5-13(17)8-12/h3-8H,9H2,1-2H3. The Balaban J connectivity index is 2.23. The van der Waals surface area contributed by atoms with E-state index >= 15 is 0 Å². The number of ether oxygens (including phenoxy) is 1. The van der Waals surface area contributed by atoms with Crippen molar-refractivity contribution in [1.82, 2.24) is 0 Å². The Bertz CT molecular complexity index is 749. The van der Waals surface area contributed by atoms with Gasteiger partial charge in [0.15, 0.2) is 0 Å². The van der Waals surface area contributed by atoms with E-state index in [0.717, 1.165) is 0 Å². The summed E-state index contributed by atoms with van der Waals surface area (Å²) in [5.74, 6) is 0.186. The number of hydrogen-bond donors (Lipinski definition) is 0. The van der Waals surface area contributed by atoms with Crippen molar-refractivity contribution in [2.75, 3.05) is 0 Å². The van der Waals surface area contributed by atoms with Crippen LogP contribution in [0.25, 0.3) is 0 Å². The fourth-order valence-electron chi connectivity index (χ4n) is 2.17. The molecule has 0 N–H and O–H groups in total. The van der Waals surface area contributed by atoms with Crippen molar-refractivity contribution in [3.05, 3.63) is 58.9 Å². The molecule has 2 aromatic rings. The van der Waals surface area contributed by atoms with E-state index < -0.39 is 9.05 Å². The van der Waals surface area contributed by atoms with E-state index in [1.54, 1.807) is 38.1 Å². The van der Waals surface area contributed by atoms with Crippen LogP contribution in [0.2, 0.25) is 0 Å². The van der Waals surface area contributed by atoms with Crippen LogP contribution in [0.3, 0.4) is 0 Å². The largest absolute Gasteiger partial charge is 0.489 e. The van der Waals surface area contributed by atoms with Gasteiger partial charge in [-0.1, -0.05) is 12.1 Å². The van der Waals surface area contributed by atoms with Crippen LogP contribution >= 0.6 is 10.7 Å². The molecule has 0 aliphatic heterocycles. The molecule has 0 aliphatic rings. The minimum atomic E-state index is -3.79.